The molecule has 0 saturated heterocycles. The molecule has 0 aliphatic heterocycles. The van der Waals surface area contributed by atoms with Gasteiger partial charge in [0.15, 0.2) is 6.61 Å². The molecule has 3 N–H and O–H groups in total. The topological polar surface area (TPSA) is 87.0 Å². The number of carbonyl (C=O) groups is 1. The van der Waals surface area contributed by atoms with Crippen LogP contribution < -0.4 is 11.0 Å². The van der Waals surface area contributed by atoms with E-state index in [2.05, 4.69) is 20.0 Å². The van der Waals surface area contributed by atoms with Crippen LogP contribution >= 0.6 is 0 Å². The molecule has 2 aromatic rings. The highest BCUT2D eigenvalue weighted by atomic mass is 19.4. The van der Waals surface area contributed by atoms with Gasteiger partial charge in [-0.15, -0.1) is 0 Å². The fourth-order valence-corrected chi connectivity index (χ4v) is 1.41. The summed E-state index contributed by atoms with van der Waals surface area (Å²) in [6.45, 7) is -1.66. The third kappa shape index (κ3) is 3.50. The highest BCUT2D eigenvalue weighted by molar-refractivity contribution is 5.88. The first kappa shape index (κ1) is 13.0. The van der Waals surface area contributed by atoms with Gasteiger partial charge in [-0.1, -0.05) is 0 Å². The number of amides is 1. The van der Waals surface area contributed by atoms with E-state index in [0.717, 1.165) is 0 Å². The maximum absolute atomic E-state index is 11.8. The fraction of sp³-hybridized carbons (Fsp3) is 0.200. The van der Waals surface area contributed by atoms with Crippen LogP contribution in [0.1, 0.15) is 0 Å². The van der Waals surface area contributed by atoms with Crippen LogP contribution in [-0.4, -0.2) is 28.8 Å². The van der Waals surface area contributed by atoms with Crippen LogP contribution in [0.4, 0.5) is 23.7 Å². The first-order valence-corrected chi connectivity index (χ1v) is 5.06. The Morgan fingerprint density at radius 2 is 1.95 bits per heavy atom. The largest absolute Gasteiger partial charge is 0.440 e. The predicted molar refractivity (Wildman–Crippen MR) is 59.9 cm³/mol. The van der Waals surface area contributed by atoms with Gasteiger partial charge in [-0.2, -0.15) is 13.2 Å². The van der Waals surface area contributed by atoms with Gasteiger partial charge in [0, 0.05) is 5.69 Å². The second-order valence-corrected chi connectivity index (χ2v) is 3.66. The molecule has 19 heavy (non-hydrogen) atoms. The molecule has 0 atom stereocenters. The predicted octanol–water partition coefficient (Wildman–Crippen LogP) is 1.97. The molecule has 1 amide bonds. The molecular weight excluding hydrogens is 267 g/mol. The summed E-state index contributed by atoms with van der Waals surface area (Å²) in [5, 5.41) is 2.12. The lowest BCUT2D eigenvalue weighted by molar-refractivity contribution is -0.159. The summed E-state index contributed by atoms with van der Waals surface area (Å²) in [7, 11) is 0. The van der Waals surface area contributed by atoms with Gasteiger partial charge in [0.25, 0.3) is 0 Å². The fourth-order valence-electron chi connectivity index (χ4n) is 1.41. The second-order valence-electron chi connectivity index (χ2n) is 3.66. The van der Waals surface area contributed by atoms with Crippen molar-refractivity contribution in [2.45, 2.75) is 6.18 Å². The summed E-state index contributed by atoms with van der Waals surface area (Å²) in [4.78, 5) is 27.0. The summed E-state index contributed by atoms with van der Waals surface area (Å²) in [5.74, 6) is 0. The molecule has 0 aliphatic carbocycles. The third-order valence-corrected chi connectivity index (χ3v) is 2.13. The van der Waals surface area contributed by atoms with Crippen molar-refractivity contribution in [3.8, 4) is 0 Å². The van der Waals surface area contributed by atoms with Gasteiger partial charge in [-0.05, 0) is 18.2 Å². The standard InChI is InChI=1S/C10H8F3N3O3/c11-10(12,13)4-19-9(18)14-5-1-2-6-7(3-5)16-8(17)15-6/h1-3H,4H2,(H,14,18)(H2,15,16,17). The molecular formula is C10H8F3N3O3. The average Bonchev–Trinajstić information content (AvgIpc) is 2.65. The first-order valence-electron chi connectivity index (χ1n) is 5.06. The summed E-state index contributed by atoms with van der Waals surface area (Å²) < 4.78 is 39.4. The molecule has 1 heterocycles. The Morgan fingerprint density at radius 1 is 1.26 bits per heavy atom. The molecule has 102 valence electrons. The lowest BCUT2D eigenvalue weighted by atomic mass is 10.3. The number of nitrogens with one attached hydrogen (secondary N) is 3. The number of fused-ring (bicyclic) bond motifs is 1. The number of imidazole rings is 1. The normalized spacial score (nSPS) is 11.5. The number of halogens is 3. The van der Waals surface area contributed by atoms with E-state index in [0.29, 0.717) is 11.0 Å². The summed E-state index contributed by atoms with van der Waals surface area (Å²) >= 11 is 0. The van der Waals surface area contributed by atoms with Gasteiger partial charge in [-0.3, -0.25) is 5.32 Å². The zero-order chi connectivity index (χ0) is 14.0. The number of hydrogen-bond acceptors (Lipinski definition) is 3. The smallest absolute Gasteiger partial charge is 0.422 e. The summed E-state index contributed by atoms with van der Waals surface area (Å²) in [5.41, 5.74) is 0.708. The van der Waals surface area contributed by atoms with Crippen molar-refractivity contribution >= 4 is 22.8 Å². The molecule has 0 unspecified atom stereocenters. The zero-order valence-corrected chi connectivity index (χ0v) is 9.30. The minimum atomic E-state index is -4.58. The Morgan fingerprint density at radius 3 is 2.63 bits per heavy atom. The number of aromatic nitrogens is 2. The van der Waals surface area contributed by atoms with Crippen molar-refractivity contribution in [1.82, 2.24) is 9.97 Å². The molecule has 1 aromatic carbocycles. The summed E-state index contributed by atoms with van der Waals surface area (Å²) in [6, 6.07) is 4.30. The van der Waals surface area contributed by atoms with Gasteiger partial charge in [0.1, 0.15) is 0 Å². The number of benzene rings is 1. The second kappa shape index (κ2) is 4.67. The van der Waals surface area contributed by atoms with Gasteiger partial charge >= 0.3 is 18.0 Å². The highest BCUT2D eigenvalue weighted by Gasteiger charge is 2.29. The first-order chi connectivity index (χ1) is 8.83. The molecule has 0 bridgehead atoms. The van der Waals surface area contributed by atoms with E-state index in [9.17, 15) is 22.8 Å². The number of ether oxygens (including phenoxy) is 1. The minimum absolute atomic E-state index is 0.204. The maximum atomic E-state index is 11.8. The molecule has 9 heteroatoms. The van der Waals surface area contributed by atoms with Crippen molar-refractivity contribution in [1.29, 1.82) is 0 Å². The van der Waals surface area contributed by atoms with Crippen molar-refractivity contribution in [3.63, 3.8) is 0 Å². The lowest BCUT2D eigenvalue weighted by Crippen LogP contribution is -2.23. The van der Waals surface area contributed by atoms with Gasteiger partial charge in [0.2, 0.25) is 0 Å². The third-order valence-electron chi connectivity index (χ3n) is 2.13. The number of carbonyl (C=O) groups excluding carboxylic acids is 1. The van der Waals surface area contributed by atoms with E-state index < -0.39 is 24.6 Å². The van der Waals surface area contributed by atoms with Crippen LogP contribution in [0.25, 0.3) is 11.0 Å². The van der Waals surface area contributed by atoms with E-state index >= 15 is 0 Å². The van der Waals surface area contributed by atoms with E-state index in [4.69, 9.17) is 0 Å². The van der Waals surface area contributed by atoms with E-state index in [1.54, 1.807) is 0 Å². The average molecular weight is 275 g/mol. The number of rotatable bonds is 2. The molecule has 0 aliphatic rings. The van der Waals surface area contributed by atoms with Crippen LogP contribution in [0.15, 0.2) is 23.0 Å². The quantitative estimate of drug-likeness (QED) is 0.783. The van der Waals surface area contributed by atoms with Crippen molar-refractivity contribution in [2.75, 3.05) is 11.9 Å². The Kier molecular flexibility index (Phi) is 3.19. The van der Waals surface area contributed by atoms with Crippen LogP contribution in [0.2, 0.25) is 0 Å². The monoisotopic (exact) mass is 275 g/mol. The summed E-state index contributed by atoms with van der Waals surface area (Å²) in [6.07, 6.45) is -5.80. The Hall–Kier alpha value is -2.45. The number of hydrogen-bond donors (Lipinski definition) is 3. The Labute approximate surface area is 103 Å². The minimum Gasteiger partial charge on any atom is -0.440 e. The number of H-pyrrole nitrogens is 2. The maximum Gasteiger partial charge on any atom is 0.422 e. The van der Waals surface area contributed by atoms with Crippen molar-refractivity contribution < 1.29 is 22.7 Å². The molecule has 0 fully saturated rings. The zero-order valence-electron chi connectivity index (χ0n) is 9.30. The van der Waals surface area contributed by atoms with Crippen molar-refractivity contribution in [2.24, 2.45) is 0 Å². The van der Waals surface area contributed by atoms with E-state index in [1.807, 2.05) is 0 Å². The number of anilines is 1. The van der Waals surface area contributed by atoms with E-state index in [1.165, 1.54) is 18.2 Å². The van der Waals surface area contributed by atoms with Gasteiger partial charge < -0.3 is 14.7 Å². The van der Waals surface area contributed by atoms with Gasteiger partial charge in [0.05, 0.1) is 11.0 Å². The lowest BCUT2D eigenvalue weighted by Gasteiger charge is -2.08. The van der Waals surface area contributed by atoms with Crippen molar-refractivity contribution in [3.05, 3.63) is 28.7 Å². The Balaban J connectivity index is 2.04. The molecule has 2 rings (SSSR count). The Bertz CT molecular complexity index is 659. The molecule has 0 saturated carbocycles. The number of alkyl halides is 3. The number of aromatic amines is 2. The molecule has 1 aromatic heterocycles. The van der Waals surface area contributed by atoms with Crippen LogP contribution in [0.3, 0.4) is 0 Å². The molecule has 0 radical (unpaired) electrons. The van der Waals surface area contributed by atoms with Crippen LogP contribution in [-0.2, 0) is 4.74 Å². The highest BCUT2D eigenvalue weighted by Crippen LogP contribution is 2.17. The van der Waals surface area contributed by atoms with Crippen LogP contribution in [0.5, 0.6) is 0 Å². The van der Waals surface area contributed by atoms with Gasteiger partial charge in [-0.25, -0.2) is 9.59 Å². The van der Waals surface area contributed by atoms with Crippen LogP contribution in [0, 0.1) is 0 Å². The SMILES string of the molecule is O=C(Nc1ccc2[nH]c(=O)[nH]c2c1)OCC(F)(F)F. The molecule has 0 spiro atoms. The van der Waals surface area contributed by atoms with E-state index in [-0.39, 0.29) is 5.69 Å². The molecule has 6 nitrogen and oxygen atoms in total.